The Labute approximate surface area is 128 Å². The Kier molecular flexibility index (Phi) is 4.60. The average molecular weight is 288 g/mol. The van der Waals surface area contributed by atoms with Crippen LogP contribution in [0.4, 0.5) is 0 Å². The Morgan fingerprint density at radius 1 is 1.38 bits per heavy atom. The summed E-state index contributed by atoms with van der Waals surface area (Å²) in [5, 5.41) is 3.86. The molecule has 3 heteroatoms. The minimum Gasteiger partial charge on any atom is -0.378 e. The standard InChI is InChI=1S/C18H28N2O/c1-3-21-17-12-16(18(17)9-5-4-6-10-18)20-14(2)15-8-7-11-19-13-15/h7-8,11,13-14,16-17,20H,3-6,9-10,12H2,1-2H3. The molecule has 3 atom stereocenters. The summed E-state index contributed by atoms with van der Waals surface area (Å²) in [6.07, 6.45) is 12.2. The molecule has 1 heterocycles. The van der Waals surface area contributed by atoms with Crippen molar-refractivity contribution in [2.45, 2.75) is 70.6 Å². The van der Waals surface area contributed by atoms with Crippen LogP contribution in [0.2, 0.25) is 0 Å². The third-order valence-corrected chi connectivity index (χ3v) is 5.57. The average Bonchev–Trinajstić information content (AvgIpc) is 2.55. The number of rotatable bonds is 5. The van der Waals surface area contributed by atoms with Crippen molar-refractivity contribution in [1.82, 2.24) is 10.3 Å². The lowest BCUT2D eigenvalue weighted by molar-refractivity contribution is -0.152. The lowest BCUT2D eigenvalue weighted by Gasteiger charge is -2.58. The molecule has 1 aromatic heterocycles. The van der Waals surface area contributed by atoms with Gasteiger partial charge in [-0.1, -0.05) is 25.3 Å². The van der Waals surface area contributed by atoms with Crippen LogP contribution in [0, 0.1) is 5.41 Å². The number of pyridine rings is 1. The van der Waals surface area contributed by atoms with Gasteiger partial charge in [-0.2, -0.15) is 0 Å². The van der Waals surface area contributed by atoms with Crippen molar-refractivity contribution in [1.29, 1.82) is 0 Å². The summed E-state index contributed by atoms with van der Waals surface area (Å²) in [6.45, 7) is 5.22. The molecule has 2 aliphatic carbocycles. The summed E-state index contributed by atoms with van der Waals surface area (Å²) < 4.78 is 6.04. The van der Waals surface area contributed by atoms with Crippen molar-refractivity contribution in [2.24, 2.45) is 5.41 Å². The van der Waals surface area contributed by atoms with Crippen LogP contribution in [0.3, 0.4) is 0 Å². The second-order valence-electron chi connectivity index (χ2n) is 6.70. The van der Waals surface area contributed by atoms with Crippen LogP contribution in [0.25, 0.3) is 0 Å². The number of hydrogen-bond donors (Lipinski definition) is 1. The van der Waals surface area contributed by atoms with E-state index in [9.17, 15) is 0 Å². The van der Waals surface area contributed by atoms with E-state index >= 15 is 0 Å². The Bertz CT molecular complexity index is 442. The number of hydrogen-bond acceptors (Lipinski definition) is 3. The quantitative estimate of drug-likeness (QED) is 0.893. The van der Waals surface area contributed by atoms with Crippen LogP contribution >= 0.6 is 0 Å². The molecule has 3 unspecified atom stereocenters. The monoisotopic (exact) mass is 288 g/mol. The molecule has 0 amide bonds. The van der Waals surface area contributed by atoms with E-state index in [1.807, 2.05) is 18.5 Å². The third-order valence-electron chi connectivity index (χ3n) is 5.57. The molecule has 21 heavy (non-hydrogen) atoms. The minimum atomic E-state index is 0.366. The van der Waals surface area contributed by atoms with Gasteiger partial charge in [0.1, 0.15) is 0 Å². The lowest BCUT2D eigenvalue weighted by Crippen LogP contribution is -2.64. The molecular weight excluding hydrogens is 260 g/mol. The van der Waals surface area contributed by atoms with Crippen LogP contribution in [0.15, 0.2) is 24.5 Å². The summed E-state index contributed by atoms with van der Waals surface area (Å²) in [6, 6.07) is 5.15. The van der Waals surface area contributed by atoms with Gasteiger partial charge in [0.2, 0.25) is 0 Å². The molecule has 0 radical (unpaired) electrons. The number of aromatic nitrogens is 1. The molecule has 2 aliphatic rings. The predicted octanol–water partition coefficient (Wildman–Crippen LogP) is 3.86. The Hall–Kier alpha value is -0.930. The molecule has 1 aromatic rings. The van der Waals surface area contributed by atoms with E-state index in [2.05, 4.69) is 30.2 Å². The molecule has 2 saturated carbocycles. The Morgan fingerprint density at radius 2 is 2.19 bits per heavy atom. The van der Waals surface area contributed by atoms with Crippen LogP contribution < -0.4 is 5.32 Å². The van der Waals surface area contributed by atoms with E-state index in [1.54, 1.807) is 0 Å². The molecule has 3 nitrogen and oxygen atoms in total. The maximum absolute atomic E-state index is 6.04. The molecule has 1 N–H and O–H groups in total. The first-order chi connectivity index (χ1) is 10.3. The van der Waals surface area contributed by atoms with Crippen LogP contribution in [0.1, 0.15) is 64.0 Å². The largest absolute Gasteiger partial charge is 0.378 e. The van der Waals surface area contributed by atoms with Gasteiger partial charge in [0.15, 0.2) is 0 Å². The van der Waals surface area contributed by atoms with E-state index in [-0.39, 0.29) is 0 Å². The summed E-state index contributed by atoms with van der Waals surface area (Å²) in [5.74, 6) is 0. The summed E-state index contributed by atoms with van der Waals surface area (Å²) in [4.78, 5) is 4.24. The fourth-order valence-corrected chi connectivity index (χ4v) is 4.33. The van der Waals surface area contributed by atoms with Crippen molar-refractivity contribution in [3.05, 3.63) is 30.1 Å². The SMILES string of the molecule is CCOC1CC(NC(C)c2cccnc2)C12CCCCC2. The Morgan fingerprint density at radius 3 is 2.86 bits per heavy atom. The zero-order valence-corrected chi connectivity index (χ0v) is 13.3. The van der Waals surface area contributed by atoms with Crippen molar-refractivity contribution >= 4 is 0 Å². The highest BCUT2D eigenvalue weighted by Crippen LogP contribution is 2.53. The summed E-state index contributed by atoms with van der Waals surface area (Å²) in [7, 11) is 0. The van der Waals surface area contributed by atoms with Gasteiger partial charge in [-0.3, -0.25) is 4.98 Å². The molecule has 0 bridgehead atoms. The second-order valence-corrected chi connectivity index (χ2v) is 6.70. The topological polar surface area (TPSA) is 34.1 Å². The van der Waals surface area contributed by atoms with Crippen molar-refractivity contribution in [3.8, 4) is 0 Å². The van der Waals surface area contributed by atoms with Crippen molar-refractivity contribution < 1.29 is 4.74 Å². The number of nitrogens with zero attached hydrogens (tertiary/aromatic N) is 1. The maximum Gasteiger partial charge on any atom is 0.0661 e. The van der Waals surface area contributed by atoms with Crippen LogP contribution in [-0.2, 0) is 4.74 Å². The Balaban J connectivity index is 1.67. The molecular formula is C18H28N2O. The van der Waals surface area contributed by atoms with Gasteiger partial charge in [-0.15, -0.1) is 0 Å². The zero-order chi connectivity index (χ0) is 14.7. The maximum atomic E-state index is 6.04. The van der Waals surface area contributed by atoms with Gasteiger partial charge in [-0.25, -0.2) is 0 Å². The first kappa shape index (κ1) is 15.0. The molecule has 1 spiro atoms. The molecule has 2 fully saturated rings. The molecule has 116 valence electrons. The third kappa shape index (κ3) is 2.86. The van der Waals surface area contributed by atoms with Gasteiger partial charge in [-0.05, 0) is 44.7 Å². The zero-order valence-electron chi connectivity index (χ0n) is 13.3. The normalized spacial score (nSPS) is 29.0. The van der Waals surface area contributed by atoms with Crippen LogP contribution in [0.5, 0.6) is 0 Å². The lowest BCUT2D eigenvalue weighted by atomic mass is 9.55. The van der Waals surface area contributed by atoms with Crippen LogP contribution in [-0.4, -0.2) is 23.7 Å². The highest BCUT2D eigenvalue weighted by atomic mass is 16.5. The van der Waals surface area contributed by atoms with Gasteiger partial charge in [0, 0.05) is 36.5 Å². The van der Waals surface area contributed by atoms with Gasteiger partial charge in [0.25, 0.3) is 0 Å². The number of nitrogens with one attached hydrogen (secondary N) is 1. The summed E-state index contributed by atoms with van der Waals surface area (Å²) in [5.41, 5.74) is 1.67. The van der Waals surface area contributed by atoms with Gasteiger partial charge >= 0.3 is 0 Å². The highest BCUT2D eigenvalue weighted by Gasteiger charge is 2.55. The molecule has 0 aromatic carbocycles. The highest BCUT2D eigenvalue weighted by molar-refractivity contribution is 5.16. The predicted molar refractivity (Wildman–Crippen MR) is 85.1 cm³/mol. The van der Waals surface area contributed by atoms with Gasteiger partial charge < -0.3 is 10.1 Å². The van der Waals surface area contributed by atoms with Crippen molar-refractivity contribution in [3.63, 3.8) is 0 Å². The molecule has 0 saturated heterocycles. The first-order valence-electron chi connectivity index (χ1n) is 8.54. The molecule has 3 rings (SSSR count). The fourth-order valence-electron chi connectivity index (χ4n) is 4.33. The van der Waals surface area contributed by atoms with E-state index in [4.69, 9.17) is 4.74 Å². The van der Waals surface area contributed by atoms with E-state index in [0.717, 1.165) is 6.61 Å². The fraction of sp³-hybridized carbons (Fsp3) is 0.722. The summed E-state index contributed by atoms with van der Waals surface area (Å²) >= 11 is 0. The number of ether oxygens (including phenoxy) is 1. The first-order valence-corrected chi connectivity index (χ1v) is 8.54. The van der Waals surface area contributed by atoms with Gasteiger partial charge in [0.05, 0.1) is 6.10 Å². The van der Waals surface area contributed by atoms with E-state index in [0.29, 0.717) is 23.6 Å². The molecule has 0 aliphatic heterocycles. The second kappa shape index (κ2) is 6.45. The van der Waals surface area contributed by atoms with E-state index in [1.165, 1.54) is 44.1 Å². The van der Waals surface area contributed by atoms with Crippen molar-refractivity contribution in [2.75, 3.05) is 6.61 Å². The van der Waals surface area contributed by atoms with E-state index < -0.39 is 0 Å². The minimum absolute atomic E-state index is 0.366. The smallest absolute Gasteiger partial charge is 0.0661 e.